The number of rotatable bonds is 5. The number of fused-ring (bicyclic) bond motifs is 1. The molecule has 2 amide bonds. The first kappa shape index (κ1) is 28.0. The Hall–Kier alpha value is -3.01. The minimum atomic E-state index is -0.142. The minimum absolute atomic E-state index is 0.0298. The van der Waals surface area contributed by atoms with Crippen molar-refractivity contribution in [2.45, 2.75) is 45.4 Å². The Morgan fingerprint density at radius 1 is 1.18 bits per heavy atom. The third kappa shape index (κ3) is 7.09. The summed E-state index contributed by atoms with van der Waals surface area (Å²) in [5.41, 5.74) is 2.20. The number of hydrogen-bond acceptors (Lipinski definition) is 7. The van der Waals surface area contributed by atoms with Gasteiger partial charge in [0.05, 0.1) is 11.7 Å². The van der Waals surface area contributed by atoms with Crippen molar-refractivity contribution < 1.29 is 23.8 Å². The van der Waals surface area contributed by atoms with Crippen LogP contribution in [0.1, 0.15) is 42.6 Å². The minimum Gasteiger partial charge on any atom is -0.491 e. The molecule has 3 atom stereocenters. The summed E-state index contributed by atoms with van der Waals surface area (Å²) in [4.78, 5) is 34.6. The van der Waals surface area contributed by atoms with Crippen molar-refractivity contribution in [1.29, 1.82) is 0 Å². The number of hydrogen-bond donors (Lipinski definition) is 1. The monoisotopic (exact) mass is 524 g/mol. The van der Waals surface area contributed by atoms with E-state index in [-0.39, 0.29) is 35.8 Å². The van der Waals surface area contributed by atoms with Gasteiger partial charge < -0.3 is 24.4 Å². The molecule has 2 aliphatic rings. The highest BCUT2D eigenvalue weighted by molar-refractivity contribution is 5.98. The summed E-state index contributed by atoms with van der Waals surface area (Å²) in [6.45, 7) is 7.81. The number of anilines is 1. The quantitative estimate of drug-likeness (QED) is 0.640. The normalized spacial score (nSPS) is 24.1. The molecular weight excluding hydrogens is 484 g/mol. The zero-order chi connectivity index (χ0) is 27.1. The Kier molecular flexibility index (Phi) is 9.71. The van der Waals surface area contributed by atoms with Crippen LogP contribution < -0.4 is 10.1 Å². The van der Waals surface area contributed by atoms with Gasteiger partial charge in [0.15, 0.2) is 0 Å². The smallest absolute Gasteiger partial charge is 0.257 e. The van der Waals surface area contributed by atoms with E-state index >= 15 is 0 Å². The maximum absolute atomic E-state index is 13.5. The number of nitrogens with zero attached hydrogens (tertiary/aromatic N) is 3. The second-order valence-electron chi connectivity index (χ2n) is 10.5. The Balaban J connectivity index is 1.59. The Labute approximate surface area is 225 Å². The highest BCUT2D eigenvalue weighted by Gasteiger charge is 2.29. The summed E-state index contributed by atoms with van der Waals surface area (Å²) in [5, 5.41) is 3.01. The van der Waals surface area contributed by atoms with Crippen LogP contribution in [-0.4, -0.2) is 85.8 Å². The molecule has 4 rings (SSSR count). The molecule has 0 unspecified atom stereocenters. The standard InChI is InChI=1S/C29H40N4O5/c1-20-16-33(17-22-6-5-11-30-15-22)21(2)19-38-26-14-24(31-28(34)23-9-12-37-13-10-23)7-8-25(26)29(35)32(3)18-27(20)36-4/h5-8,11,14-15,20-21,23,27H,9-10,12-13,16-19H2,1-4H3,(H,31,34)/t20-,21+,27+/m1/s1. The van der Waals surface area contributed by atoms with Gasteiger partial charge in [-0.05, 0) is 49.4 Å². The van der Waals surface area contributed by atoms with Crippen LogP contribution in [0.5, 0.6) is 5.75 Å². The van der Waals surface area contributed by atoms with Gasteiger partial charge in [0.25, 0.3) is 5.91 Å². The van der Waals surface area contributed by atoms with Gasteiger partial charge in [-0.3, -0.25) is 19.5 Å². The third-order valence-electron chi connectivity index (χ3n) is 7.54. The summed E-state index contributed by atoms with van der Waals surface area (Å²) in [5.74, 6) is 0.390. The molecule has 0 saturated carbocycles. The van der Waals surface area contributed by atoms with Gasteiger partial charge in [-0.1, -0.05) is 13.0 Å². The number of methoxy groups -OCH3 is 1. The molecule has 1 aromatic carbocycles. The van der Waals surface area contributed by atoms with Crippen molar-refractivity contribution in [2.75, 3.05) is 52.4 Å². The van der Waals surface area contributed by atoms with Crippen LogP contribution in [0.2, 0.25) is 0 Å². The highest BCUT2D eigenvalue weighted by atomic mass is 16.5. The molecule has 2 aliphatic heterocycles. The number of pyridine rings is 1. The summed E-state index contributed by atoms with van der Waals surface area (Å²) in [7, 11) is 3.48. The number of ether oxygens (including phenoxy) is 3. The molecule has 9 heteroatoms. The lowest BCUT2D eigenvalue weighted by molar-refractivity contribution is -0.122. The molecule has 2 aromatic rings. The van der Waals surface area contributed by atoms with E-state index < -0.39 is 0 Å². The van der Waals surface area contributed by atoms with Crippen LogP contribution in [0.25, 0.3) is 0 Å². The lowest BCUT2D eigenvalue weighted by Crippen LogP contribution is -2.46. The van der Waals surface area contributed by atoms with E-state index in [1.54, 1.807) is 43.5 Å². The number of nitrogens with one attached hydrogen (secondary N) is 1. The van der Waals surface area contributed by atoms with E-state index in [2.05, 4.69) is 35.1 Å². The molecule has 3 heterocycles. The topological polar surface area (TPSA) is 93.2 Å². The first-order valence-corrected chi connectivity index (χ1v) is 13.4. The number of carbonyl (C=O) groups is 2. The molecule has 1 N–H and O–H groups in total. The van der Waals surface area contributed by atoms with Gasteiger partial charge in [0.2, 0.25) is 5.91 Å². The summed E-state index contributed by atoms with van der Waals surface area (Å²) >= 11 is 0. The molecular formula is C29H40N4O5. The third-order valence-corrected chi connectivity index (χ3v) is 7.54. The summed E-state index contributed by atoms with van der Waals surface area (Å²) in [6, 6.07) is 9.34. The molecule has 38 heavy (non-hydrogen) atoms. The Bertz CT molecular complexity index is 1080. The zero-order valence-corrected chi connectivity index (χ0v) is 22.9. The Morgan fingerprint density at radius 2 is 1.97 bits per heavy atom. The van der Waals surface area contributed by atoms with Crippen molar-refractivity contribution in [2.24, 2.45) is 11.8 Å². The number of amides is 2. The summed E-state index contributed by atoms with van der Waals surface area (Å²) in [6.07, 6.45) is 4.95. The SMILES string of the molecule is CO[C@H]1CN(C)C(=O)c2ccc(NC(=O)C3CCOCC3)cc2OC[C@H](C)N(Cc2cccnc2)C[C@H]1C. The average Bonchev–Trinajstić information content (AvgIpc) is 2.94. The molecule has 1 fully saturated rings. The maximum atomic E-state index is 13.5. The van der Waals surface area contributed by atoms with Crippen molar-refractivity contribution in [3.05, 3.63) is 53.9 Å². The number of aromatic nitrogens is 1. The predicted octanol–water partition coefficient (Wildman–Crippen LogP) is 3.45. The van der Waals surface area contributed by atoms with Gasteiger partial charge in [-0.15, -0.1) is 0 Å². The predicted molar refractivity (Wildman–Crippen MR) is 145 cm³/mol. The van der Waals surface area contributed by atoms with Crippen LogP contribution in [0.4, 0.5) is 5.69 Å². The number of benzene rings is 1. The van der Waals surface area contributed by atoms with E-state index in [0.717, 1.165) is 18.7 Å². The van der Waals surface area contributed by atoms with Crippen molar-refractivity contribution in [3.63, 3.8) is 0 Å². The fourth-order valence-electron chi connectivity index (χ4n) is 5.08. The van der Waals surface area contributed by atoms with Gasteiger partial charge >= 0.3 is 0 Å². The molecule has 0 bridgehead atoms. The molecule has 206 valence electrons. The Morgan fingerprint density at radius 3 is 2.68 bits per heavy atom. The van der Waals surface area contributed by atoms with Crippen LogP contribution in [0, 0.1) is 11.8 Å². The van der Waals surface area contributed by atoms with Gasteiger partial charge in [-0.25, -0.2) is 0 Å². The molecule has 1 saturated heterocycles. The number of likely N-dealkylation sites (N-methyl/N-ethyl adjacent to an activating group) is 1. The molecule has 1 aromatic heterocycles. The summed E-state index contributed by atoms with van der Waals surface area (Å²) < 4.78 is 17.5. The van der Waals surface area contributed by atoms with Crippen molar-refractivity contribution >= 4 is 17.5 Å². The molecule has 0 radical (unpaired) electrons. The van der Waals surface area contributed by atoms with E-state index in [0.29, 0.717) is 56.2 Å². The van der Waals surface area contributed by atoms with E-state index in [1.165, 1.54) is 0 Å². The van der Waals surface area contributed by atoms with Crippen molar-refractivity contribution in [1.82, 2.24) is 14.8 Å². The highest BCUT2D eigenvalue weighted by Crippen LogP contribution is 2.28. The lowest BCUT2D eigenvalue weighted by Gasteiger charge is -2.36. The first-order chi connectivity index (χ1) is 18.4. The largest absolute Gasteiger partial charge is 0.491 e. The lowest BCUT2D eigenvalue weighted by atomic mass is 9.99. The van der Waals surface area contributed by atoms with Gasteiger partial charge in [0.1, 0.15) is 12.4 Å². The van der Waals surface area contributed by atoms with Crippen LogP contribution >= 0.6 is 0 Å². The fraction of sp³-hybridized carbons (Fsp3) is 0.552. The second kappa shape index (κ2) is 13.2. The van der Waals surface area contributed by atoms with Crippen LogP contribution in [-0.2, 0) is 20.8 Å². The first-order valence-electron chi connectivity index (χ1n) is 13.4. The molecule has 9 nitrogen and oxygen atoms in total. The molecule has 0 aliphatic carbocycles. The average molecular weight is 525 g/mol. The van der Waals surface area contributed by atoms with Gasteiger partial charge in [-0.2, -0.15) is 0 Å². The zero-order valence-electron chi connectivity index (χ0n) is 22.9. The van der Waals surface area contributed by atoms with E-state index in [4.69, 9.17) is 14.2 Å². The second-order valence-corrected chi connectivity index (χ2v) is 10.5. The van der Waals surface area contributed by atoms with E-state index in [1.807, 2.05) is 12.3 Å². The fourth-order valence-corrected chi connectivity index (χ4v) is 5.08. The van der Waals surface area contributed by atoms with Crippen molar-refractivity contribution in [3.8, 4) is 5.75 Å². The van der Waals surface area contributed by atoms with E-state index in [9.17, 15) is 9.59 Å². The van der Waals surface area contributed by atoms with Gasteiger partial charge in [0, 0.05) is 83.1 Å². The maximum Gasteiger partial charge on any atom is 0.257 e. The van der Waals surface area contributed by atoms with Crippen LogP contribution in [0.3, 0.4) is 0 Å². The number of carbonyl (C=O) groups excluding carboxylic acids is 2. The molecule has 0 spiro atoms. The van der Waals surface area contributed by atoms with Crippen LogP contribution in [0.15, 0.2) is 42.7 Å².